The van der Waals surface area contributed by atoms with E-state index in [1.165, 1.54) is 31.5 Å². The molecule has 1 aromatic rings. The van der Waals surface area contributed by atoms with E-state index in [-0.39, 0.29) is 30.8 Å². The monoisotopic (exact) mass is 474 g/mol. The van der Waals surface area contributed by atoms with Gasteiger partial charge in [0.1, 0.15) is 6.61 Å². The number of nitrogens with zero attached hydrogens (tertiary/aromatic N) is 1. The molecule has 1 heterocycles. The predicted octanol–water partition coefficient (Wildman–Crippen LogP) is 3.15. The summed E-state index contributed by atoms with van der Waals surface area (Å²) in [5.74, 6) is -0.348. The number of likely N-dealkylation sites (tertiary alicyclic amines) is 1. The summed E-state index contributed by atoms with van der Waals surface area (Å²) in [7, 11) is 0. The first-order chi connectivity index (χ1) is 16.2. The van der Waals surface area contributed by atoms with Crippen LogP contribution in [-0.2, 0) is 27.5 Å². The maximum atomic E-state index is 12.9. The summed E-state index contributed by atoms with van der Waals surface area (Å²) in [4.78, 5) is 27.7. The third-order valence-electron chi connectivity index (χ3n) is 6.90. The molecule has 2 unspecified atom stereocenters. The van der Waals surface area contributed by atoms with Crippen molar-refractivity contribution < 1.29 is 14.3 Å². The molecule has 34 heavy (non-hydrogen) atoms. The van der Waals surface area contributed by atoms with Gasteiger partial charge in [0, 0.05) is 32.1 Å². The Morgan fingerprint density at radius 1 is 1.15 bits per heavy atom. The Kier molecular flexibility index (Phi) is 12.2. The number of hydrogen-bond acceptors (Lipinski definition) is 7. The van der Waals surface area contributed by atoms with E-state index in [0.717, 1.165) is 31.6 Å². The van der Waals surface area contributed by atoms with Crippen LogP contribution in [-0.4, -0.2) is 60.5 Å². The SMILES string of the molecule is CCC(C)N[C@@H](CCC(=O)OCc1ccc(CNCCN2CCCC2)cc1)C(=O)C(C)(N)CC. The number of nitrogens with one attached hydrogen (secondary N) is 2. The zero-order chi connectivity index (χ0) is 25.0. The molecule has 1 aliphatic heterocycles. The second-order valence-electron chi connectivity index (χ2n) is 9.91. The average molecular weight is 475 g/mol. The van der Waals surface area contributed by atoms with Crippen molar-refractivity contribution in [3.8, 4) is 0 Å². The predicted molar refractivity (Wildman–Crippen MR) is 137 cm³/mol. The van der Waals surface area contributed by atoms with Crippen molar-refractivity contribution in [3.63, 3.8) is 0 Å². The second-order valence-corrected chi connectivity index (χ2v) is 9.91. The number of ether oxygens (including phenoxy) is 1. The molecule has 0 saturated carbocycles. The number of esters is 1. The fourth-order valence-electron chi connectivity index (χ4n) is 4.05. The Morgan fingerprint density at radius 3 is 2.41 bits per heavy atom. The Labute approximate surface area is 206 Å². The van der Waals surface area contributed by atoms with Crippen LogP contribution in [0.15, 0.2) is 24.3 Å². The molecule has 0 aliphatic carbocycles. The van der Waals surface area contributed by atoms with E-state index >= 15 is 0 Å². The van der Waals surface area contributed by atoms with Gasteiger partial charge >= 0.3 is 5.97 Å². The first kappa shape index (κ1) is 28.4. The number of carbonyl (C=O) groups excluding carboxylic acids is 2. The largest absolute Gasteiger partial charge is 0.461 e. The van der Waals surface area contributed by atoms with Crippen LogP contribution in [0.5, 0.6) is 0 Å². The van der Waals surface area contributed by atoms with E-state index in [9.17, 15) is 9.59 Å². The van der Waals surface area contributed by atoms with Gasteiger partial charge < -0.3 is 26.0 Å². The van der Waals surface area contributed by atoms with Crippen molar-refractivity contribution in [1.29, 1.82) is 0 Å². The summed E-state index contributed by atoms with van der Waals surface area (Å²) < 4.78 is 5.47. The topological polar surface area (TPSA) is 96.7 Å². The minimum atomic E-state index is -0.903. The Bertz CT molecular complexity index is 745. The molecule has 1 aromatic carbocycles. The number of hydrogen-bond donors (Lipinski definition) is 3. The normalized spacial score (nSPS) is 17.8. The summed E-state index contributed by atoms with van der Waals surface area (Å²) in [6.07, 6.45) is 4.66. The third-order valence-corrected chi connectivity index (χ3v) is 6.90. The van der Waals surface area contributed by atoms with E-state index in [1.54, 1.807) is 6.92 Å². The molecule has 192 valence electrons. The molecule has 1 fully saturated rings. The zero-order valence-electron chi connectivity index (χ0n) is 21.7. The number of rotatable bonds is 16. The van der Waals surface area contributed by atoms with Gasteiger partial charge in [0.15, 0.2) is 5.78 Å². The lowest BCUT2D eigenvalue weighted by molar-refractivity contribution is -0.145. The lowest BCUT2D eigenvalue weighted by Crippen LogP contribution is -2.55. The summed E-state index contributed by atoms with van der Waals surface area (Å²) in [5, 5.41) is 6.83. The highest BCUT2D eigenvalue weighted by Crippen LogP contribution is 2.15. The molecule has 0 amide bonds. The van der Waals surface area contributed by atoms with Gasteiger partial charge in [0.05, 0.1) is 11.6 Å². The second kappa shape index (κ2) is 14.6. The average Bonchev–Trinajstić information content (AvgIpc) is 3.36. The molecule has 4 N–H and O–H groups in total. The summed E-state index contributed by atoms with van der Waals surface area (Å²) in [5.41, 5.74) is 7.46. The molecule has 0 radical (unpaired) electrons. The van der Waals surface area contributed by atoms with E-state index < -0.39 is 11.6 Å². The summed E-state index contributed by atoms with van der Waals surface area (Å²) in [6, 6.07) is 7.87. The molecule has 7 nitrogen and oxygen atoms in total. The number of carbonyl (C=O) groups is 2. The number of ketones is 1. The minimum absolute atomic E-state index is 0.0484. The number of nitrogens with two attached hydrogens (primary N) is 1. The maximum absolute atomic E-state index is 12.9. The van der Waals surface area contributed by atoms with Crippen LogP contribution in [0.1, 0.15) is 77.3 Å². The van der Waals surface area contributed by atoms with E-state index in [4.69, 9.17) is 10.5 Å². The maximum Gasteiger partial charge on any atom is 0.306 e. The lowest BCUT2D eigenvalue weighted by Gasteiger charge is -2.29. The summed E-state index contributed by atoms with van der Waals surface area (Å²) in [6.45, 7) is 13.4. The molecule has 0 bridgehead atoms. The van der Waals surface area contributed by atoms with Crippen molar-refractivity contribution in [3.05, 3.63) is 35.4 Å². The molecule has 1 saturated heterocycles. The van der Waals surface area contributed by atoms with Crippen LogP contribution in [0.3, 0.4) is 0 Å². The zero-order valence-corrected chi connectivity index (χ0v) is 21.7. The Morgan fingerprint density at radius 2 is 1.79 bits per heavy atom. The minimum Gasteiger partial charge on any atom is -0.461 e. The van der Waals surface area contributed by atoms with Crippen LogP contribution in [0.2, 0.25) is 0 Å². The van der Waals surface area contributed by atoms with Gasteiger partial charge in [-0.15, -0.1) is 0 Å². The highest BCUT2D eigenvalue weighted by Gasteiger charge is 2.33. The molecular formula is C27H46N4O3. The first-order valence-corrected chi connectivity index (χ1v) is 13.0. The van der Waals surface area contributed by atoms with Gasteiger partial charge in [0.25, 0.3) is 0 Å². The van der Waals surface area contributed by atoms with Crippen LogP contribution in [0, 0.1) is 0 Å². The van der Waals surface area contributed by atoms with Gasteiger partial charge in [-0.05, 0) is 70.2 Å². The van der Waals surface area contributed by atoms with Crippen molar-refractivity contribution in [1.82, 2.24) is 15.5 Å². The van der Waals surface area contributed by atoms with Gasteiger partial charge in [0.2, 0.25) is 0 Å². The molecular weight excluding hydrogens is 428 g/mol. The molecule has 0 aromatic heterocycles. The quantitative estimate of drug-likeness (QED) is 0.250. The highest BCUT2D eigenvalue weighted by molar-refractivity contribution is 5.92. The summed E-state index contributed by atoms with van der Waals surface area (Å²) >= 11 is 0. The first-order valence-electron chi connectivity index (χ1n) is 13.0. The van der Waals surface area contributed by atoms with E-state index in [1.807, 2.05) is 26.0 Å². The van der Waals surface area contributed by atoms with Gasteiger partial charge in [-0.1, -0.05) is 38.1 Å². The van der Waals surface area contributed by atoms with Gasteiger partial charge in [-0.25, -0.2) is 0 Å². The molecule has 7 heteroatoms. The third kappa shape index (κ3) is 9.82. The van der Waals surface area contributed by atoms with Crippen molar-refractivity contribution in [2.45, 2.75) is 97.0 Å². The van der Waals surface area contributed by atoms with E-state index in [2.05, 4.69) is 34.6 Å². The highest BCUT2D eigenvalue weighted by atomic mass is 16.5. The molecule has 2 rings (SSSR count). The lowest BCUT2D eigenvalue weighted by atomic mass is 9.87. The van der Waals surface area contributed by atoms with Crippen molar-refractivity contribution in [2.24, 2.45) is 5.73 Å². The fraction of sp³-hybridized carbons (Fsp3) is 0.704. The van der Waals surface area contributed by atoms with E-state index in [0.29, 0.717) is 12.8 Å². The standard InChI is InChI=1S/C27H46N4O3/c1-5-21(3)30-24(26(33)27(4,28)6-2)13-14-25(32)34-20-23-11-9-22(10-12-23)19-29-15-18-31-16-7-8-17-31/h9-12,21,24,29-30H,5-8,13-20,28H2,1-4H3/t21?,24-,27?/m0/s1. The van der Waals surface area contributed by atoms with Crippen LogP contribution in [0.25, 0.3) is 0 Å². The fourth-order valence-corrected chi connectivity index (χ4v) is 4.05. The van der Waals surface area contributed by atoms with Gasteiger partial charge in [-0.2, -0.15) is 0 Å². The smallest absolute Gasteiger partial charge is 0.306 e. The van der Waals surface area contributed by atoms with Crippen LogP contribution >= 0.6 is 0 Å². The number of Topliss-reactive ketones (excluding diaryl/α,β-unsaturated/α-hetero) is 1. The van der Waals surface area contributed by atoms with Crippen molar-refractivity contribution in [2.75, 3.05) is 26.2 Å². The van der Waals surface area contributed by atoms with Gasteiger partial charge in [-0.3, -0.25) is 9.59 Å². The Hall–Kier alpha value is -1.80. The molecule has 1 aliphatic rings. The number of benzene rings is 1. The molecule has 0 spiro atoms. The molecule has 3 atom stereocenters. The van der Waals surface area contributed by atoms with Crippen LogP contribution in [0.4, 0.5) is 0 Å². The van der Waals surface area contributed by atoms with Crippen molar-refractivity contribution >= 4 is 11.8 Å². The van der Waals surface area contributed by atoms with Crippen LogP contribution < -0.4 is 16.4 Å². The Balaban J connectivity index is 1.73.